The molecule has 0 bridgehead atoms. The molecular formula is C15H21N3O2. The van der Waals surface area contributed by atoms with Gasteiger partial charge in [0, 0.05) is 31.8 Å². The monoisotopic (exact) mass is 275 g/mol. The van der Waals surface area contributed by atoms with Gasteiger partial charge in [-0.05, 0) is 24.0 Å². The van der Waals surface area contributed by atoms with Gasteiger partial charge >= 0.3 is 0 Å². The minimum atomic E-state index is -0.562. The van der Waals surface area contributed by atoms with Crippen LogP contribution >= 0.6 is 0 Å². The average Bonchev–Trinajstić information content (AvgIpc) is 2.78. The summed E-state index contributed by atoms with van der Waals surface area (Å²) in [4.78, 5) is 29.5. The van der Waals surface area contributed by atoms with Gasteiger partial charge in [-0.1, -0.05) is 19.4 Å². The Bertz CT molecular complexity index is 475. The highest BCUT2D eigenvalue weighted by Crippen LogP contribution is 2.25. The number of aromatic nitrogens is 1. The van der Waals surface area contributed by atoms with Gasteiger partial charge in [0.2, 0.25) is 11.8 Å². The molecule has 2 N–H and O–H groups in total. The van der Waals surface area contributed by atoms with Gasteiger partial charge in [0.15, 0.2) is 0 Å². The van der Waals surface area contributed by atoms with Crippen LogP contribution in [0.5, 0.6) is 0 Å². The first-order valence-corrected chi connectivity index (χ1v) is 7.09. The van der Waals surface area contributed by atoms with Crippen molar-refractivity contribution in [2.75, 3.05) is 6.54 Å². The van der Waals surface area contributed by atoms with Gasteiger partial charge in [-0.15, -0.1) is 0 Å². The number of amides is 2. The first kappa shape index (κ1) is 14.5. The van der Waals surface area contributed by atoms with Crippen molar-refractivity contribution in [2.24, 2.45) is 11.7 Å². The molecule has 20 heavy (non-hydrogen) atoms. The molecule has 108 valence electrons. The van der Waals surface area contributed by atoms with Crippen molar-refractivity contribution in [1.82, 2.24) is 9.88 Å². The molecule has 1 aromatic heterocycles. The van der Waals surface area contributed by atoms with Crippen molar-refractivity contribution in [3.8, 4) is 0 Å². The van der Waals surface area contributed by atoms with Crippen molar-refractivity contribution in [3.05, 3.63) is 30.1 Å². The molecule has 1 saturated heterocycles. The second kappa shape index (κ2) is 6.50. The fourth-order valence-corrected chi connectivity index (χ4v) is 2.82. The molecule has 1 fully saturated rings. The number of nitrogens with zero attached hydrogens (tertiary/aromatic N) is 2. The Kier molecular flexibility index (Phi) is 4.71. The van der Waals surface area contributed by atoms with Crippen molar-refractivity contribution in [3.63, 3.8) is 0 Å². The van der Waals surface area contributed by atoms with E-state index in [1.54, 1.807) is 17.3 Å². The van der Waals surface area contributed by atoms with Gasteiger partial charge in [0.1, 0.15) is 6.04 Å². The second-order valence-electron chi connectivity index (χ2n) is 5.39. The lowest BCUT2D eigenvalue weighted by molar-refractivity contribution is -0.136. The molecule has 0 aliphatic carbocycles. The standard InChI is InChI=1S/C15H21N3O2/c1-2-4-12-8-14(19)18(10-12)13(15(16)20)7-11-5-3-6-17-9-11/h3,5-6,9,12-13H,2,4,7-8,10H2,1H3,(H2,16,20). The van der Waals surface area contributed by atoms with Crippen LogP contribution in [0, 0.1) is 5.92 Å². The molecule has 2 atom stereocenters. The van der Waals surface area contributed by atoms with Gasteiger partial charge in [0.05, 0.1) is 0 Å². The lowest BCUT2D eigenvalue weighted by Crippen LogP contribution is -2.47. The maximum Gasteiger partial charge on any atom is 0.240 e. The van der Waals surface area contributed by atoms with Crippen molar-refractivity contribution in [1.29, 1.82) is 0 Å². The number of likely N-dealkylation sites (tertiary alicyclic amines) is 1. The van der Waals surface area contributed by atoms with Crippen LogP contribution in [0.4, 0.5) is 0 Å². The fraction of sp³-hybridized carbons (Fsp3) is 0.533. The third kappa shape index (κ3) is 3.35. The van der Waals surface area contributed by atoms with Crippen LogP contribution in [0.2, 0.25) is 0 Å². The zero-order valence-corrected chi connectivity index (χ0v) is 11.8. The molecule has 2 unspecified atom stereocenters. The van der Waals surface area contributed by atoms with Gasteiger partial charge in [0.25, 0.3) is 0 Å². The van der Waals surface area contributed by atoms with Crippen LogP contribution in [0.3, 0.4) is 0 Å². The summed E-state index contributed by atoms with van der Waals surface area (Å²) >= 11 is 0. The third-order valence-corrected chi connectivity index (χ3v) is 3.79. The van der Waals surface area contributed by atoms with E-state index in [9.17, 15) is 9.59 Å². The van der Waals surface area contributed by atoms with E-state index in [1.165, 1.54) is 0 Å². The summed E-state index contributed by atoms with van der Waals surface area (Å²) in [5.41, 5.74) is 6.41. The van der Waals surface area contributed by atoms with E-state index in [2.05, 4.69) is 11.9 Å². The topological polar surface area (TPSA) is 76.3 Å². The predicted octanol–water partition coefficient (Wildman–Crippen LogP) is 1.13. The Morgan fingerprint density at radius 1 is 1.60 bits per heavy atom. The summed E-state index contributed by atoms with van der Waals surface area (Å²) in [6.45, 7) is 2.74. The summed E-state index contributed by atoms with van der Waals surface area (Å²) in [7, 11) is 0. The number of hydrogen-bond donors (Lipinski definition) is 1. The van der Waals surface area contributed by atoms with Crippen molar-refractivity contribution >= 4 is 11.8 Å². The van der Waals surface area contributed by atoms with Crippen LogP contribution in [0.15, 0.2) is 24.5 Å². The SMILES string of the molecule is CCCC1CC(=O)N(C(Cc2cccnc2)C(N)=O)C1. The molecule has 2 amide bonds. The molecular weight excluding hydrogens is 254 g/mol. The number of carbonyl (C=O) groups excluding carboxylic acids is 2. The van der Waals surface area contributed by atoms with Gasteiger partial charge in [-0.25, -0.2) is 0 Å². The Labute approximate surface area is 119 Å². The van der Waals surface area contributed by atoms with Gasteiger partial charge < -0.3 is 10.6 Å². The molecule has 1 aliphatic rings. The molecule has 0 saturated carbocycles. The van der Waals surface area contributed by atoms with Crippen LogP contribution in [0.1, 0.15) is 31.7 Å². The van der Waals surface area contributed by atoms with Gasteiger partial charge in [-0.2, -0.15) is 0 Å². The fourth-order valence-electron chi connectivity index (χ4n) is 2.82. The van der Waals surface area contributed by atoms with Crippen LogP contribution in [-0.4, -0.2) is 34.3 Å². The molecule has 2 heterocycles. The molecule has 5 nitrogen and oxygen atoms in total. The molecule has 0 aromatic carbocycles. The van der Waals surface area contributed by atoms with Crippen molar-refractivity contribution in [2.45, 2.75) is 38.6 Å². The van der Waals surface area contributed by atoms with Crippen LogP contribution in [0.25, 0.3) is 0 Å². The van der Waals surface area contributed by atoms with Crippen LogP contribution < -0.4 is 5.73 Å². The minimum Gasteiger partial charge on any atom is -0.368 e. The Balaban J connectivity index is 2.09. The van der Waals surface area contributed by atoms with E-state index in [1.807, 2.05) is 12.1 Å². The van der Waals surface area contributed by atoms with E-state index >= 15 is 0 Å². The lowest BCUT2D eigenvalue weighted by atomic mass is 10.0. The molecule has 0 radical (unpaired) electrons. The van der Waals surface area contributed by atoms with Crippen LogP contribution in [-0.2, 0) is 16.0 Å². The first-order valence-electron chi connectivity index (χ1n) is 7.09. The minimum absolute atomic E-state index is 0.0381. The molecule has 1 aromatic rings. The van der Waals surface area contributed by atoms with E-state index in [-0.39, 0.29) is 5.91 Å². The Hall–Kier alpha value is -1.91. The van der Waals surface area contributed by atoms with E-state index in [4.69, 9.17) is 5.73 Å². The van der Waals surface area contributed by atoms with Crippen molar-refractivity contribution < 1.29 is 9.59 Å². The summed E-state index contributed by atoms with van der Waals surface area (Å²) in [5.74, 6) is -0.0567. The maximum absolute atomic E-state index is 12.1. The smallest absolute Gasteiger partial charge is 0.240 e. The molecule has 5 heteroatoms. The summed E-state index contributed by atoms with van der Waals surface area (Å²) in [6, 6.07) is 3.15. The Morgan fingerprint density at radius 2 is 2.40 bits per heavy atom. The number of rotatable bonds is 6. The highest BCUT2D eigenvalue weighted by atomic mass is 16.2. The third-order valence-electron chi connectivity index (χ3n) is 3.79. The maximum atomic E-state index is 12.1. The lowest BCUT2D eigenvalue weighted by Gasteiger charge is -2.25. The quantitative estimate of drug-likeness (QED) is 0.845. The largest absolute Gasteiger partial charge is 0.368 e. The van der Waals surface area contributed by atoms with E-state index < -0.39 is 11.9 Å². The predicted molar refractivity (Wildman–Crippen MR) is 75.7 cm³/mol. The Morgan fingerprint density at radius 3 is 3.00 bits per heavy atom. The van der Waals surface area contributed by atoms with Gasteiger partial charge in [-0.3, -0.25) is 14.6 Å². The highest BCUT2D eigenvalue weighted by Gasteiger charge is 2.36. The number of primary amides is 1. The number of nitrogens with two attached hydrogens (primary N) is 1. The molecule has 1 aliphatic heterocycles. The normalized spacial score (nSPS) is 20.1. The summed E-state index contributed by atoms with van der Waals surface area (Å²) in [5, 5.41) is 0. The number of carbonyl (C=O) groups is 2. The first-order chi connectivity index (χ1) is 9.61. The molecule has 0 spiro atoms. The van der Waals surface area contributed by atoms with E-state index in [0.717, 1.165) is 18.4 Å². The second-order valence-corrected chi connectivity index (χ2v) is 5.39. The zero-order valence-electron chi connectivity index (χ0n) is 11.8. The number of hydrogen-bond acceptors (Lipinski definition) is 3. The zero-order chi connectivity index (χ0) is 14.5. The summed E-state index contributed by atoms with van der Waals surface area (Å²) in [6.07, 6.45) is 6.43. The summed E-state index contributed by atoms with van der Waals surface area (Å²) < 4.78 is 0. The number of pyridine rings is 1. The van der Waals surface area contributed by atoms with E-state index in [0.29, 0.717) is 25.3 Å². The molecule has 2 rings (SSSR count). The average molecular weight is 275 g/mol. The highest BCUT2D eigenvalue weighted by molar-refractivity contribution is 5.88.